The van der Waals surface area contributed by atoms with Crippen LogP contribution in [0.25, 0.3) is 0 Å². The average Bonchev–Trinajstić information content (AvgIpc) is 3.12. The van der Waals surface area contributed by atoms with E-state index in [1.165, 1.54) is 6.33 Å². The van der Waals surface area contributed by atoms with Gasteiger partial charge < -0.3 is 20.9 Å². The van der Waals surface area contributed by atoms with Crippen LogP contribution in [0.4, 0.5) is 23.0 Å². The van der Waals surface area contributed by atoms with Crippen molar-refractivity contribution in [3.05, 3.63) is 53.8 Å². The number of aryl methyl sites for hydroxylation is 1. The van der Waals surface area contributed by atoms with Crippen LogP contribution in [0.2, 0.25) is 5.02 Å². The summed E-state index contributed by atoms with van der Waals surface area (Å²) in [6, 6.07) is 5.66. The molecule has 0 aliphatic carbocycles. The minimum Gasteiger partial charge on any atom is -0.393 e. The maximum absolute atomic E-state index is 6.20. The Bertz CT molecular complexity index is 833. The largest absolute Gasteiger partial charge is 0.393 e. The summed E-state index contributed by atoms with van der Waals surface area (Å²) in [5, 5.41) is 7.16. The Labute approximate surface area is 151 Å². The highest BCUT2D eigenvalue weighted by Crippen LogP contribution is 2.29. The third-order valence-electron chi connectivity index (χ3n) is 3.85. The number of nitrogens with one attached hydrogen (secondary N) is 2. The number of halogens is 1. The van der Waals surface area contributed by atoms with E-state index in [0.717, 1.165) is 30.8 Å². The van der Waals surface area contributed by atoms with Crippen LogP contribution in [0.5, 0.6) is 0 Å². The topological polar surface area (TPSA) is 93.7 Å². The summed E-state index contributed by atoms with van der Waals surface area (Å²) in [5.74, 6) is 1.17. The molecule has 0 fully saturated rings. The molecule has 8 heteroatoms. The first-order valence-corrected chi connectivity index (χ1v) is 8.35. The van der Waals surface area contributed by atoms with Gasteiger partial charge in [-0.3, -0.25) is 0 Å². The molecular formula is C17H20ClN7. The van der Waals surface area contributed by atoms with Crippen molar-refractivity contribution in [2.24, 2.45) is 0 Å². The van der Waals surface area contributed by atoms with Gasteiger partial charge in [-0.2, -0.15) is 0 Å². The quantitative estimate of drug-likeness (QED) is 0.560. The predicted molar refractivity (Wildman–Crippen MR) is 101 cm³/mol. The molecule has 1 aromatic carbocycles. The van der Waals surface area contributed by atoms with E-state index in [9.17, 15) is 0 Å². The monoisotopic (exact) mass is 357 g/mol. The van der Waals surface area contributed by atoms with E-state index >= 15 is 0 Å². The van der Waals surface area contributed by atoms with Crippen LogP contribution in [0.3, 0.4) is 0 Å². The number of nitrogen functional groups attached to an aromatic ring is 1. The lowest BCUT2D eigenvalue weighted by Crippen LogP contribution is -2.11. The Morgan fingerprint density at radius 2 is 2.08 bits per heavy atom. The Morgan fingerprint density at radius 1 is 1.24 bits per heavy atom. The fraction of sp³-hybridized carbons (Fsp3) is 0.235. The molecule has 7 nitrogen and oxygen atoms in total. The summed E-state index contributed by atoms with van der Waals surface area (Å²) in [7, 11) is 0. The Kier molecular flexibility index (Phi) is 5.35. The number of anilines is 4. The van der Waals surface area contributed by atoms with E-state index in [4.69, 9.17) is 17.3 Å². The van der Waals surface area contributed by atoms with E-state index in [0.29, 0.717) is 22.3 Å². The molecular weight excluding hydrogens is 338 g/mol. The van der Waals surface area contributed by atoms with Crippen LogP contribution < -0.4 is 16.4 Å². The molecule has 0 aliphatic heterocycles. The number of aromatic nitrogens is 4. The molecule has 3 rings (SSSR count). The molecule has 0 saturated carbocycles. The zero-order chi connectivity index (χ0) is 17.6. The van der Waals surface area contributed by atoms with Gasteiger partial charge in [0, 0.05) is 36.2 Å². The van der Waals surface area contributed by atoms with Gasteiger partial charge in [0.15, 0.2) is 11.6 Å². The molecule has 3 aromatic rings. The van der Waals surface area contributed by atoms with E-state index in [2.05, 4.69) is 25.6 Å². The van der Waals surface area contributed by atoms with E-state index < -0.39 is 0 Å². The fourth-order valence-corrected chi connectivity index (χ4v) is 2.57. The summed E-state index contributed by atoms with van der Waals surface area (Å²) < 4.78 is 2.03. The lowest BCUT2D eigenvalue weighted by Gasteiger charge is -2.14. The first kappa shape index (κ1) is 17.0. The smallest absolute Gasteiger partial charge is 0.159 e. The van der Waals surface area contributed by atoms with Gasteiger partial charge >= 0.3 is 0 Å². The standard InChI is InChI=1S/C17H20ClN7/c1-12-13(18)4-2-5-14(12)24-17-15(19)16(22-10-23-17)21-6-3-8-25-9-7-20-11-25/h2,4-5,7,9-11H,3,6,8,19H2,1H3,(H2,21,22,23,24). The normalized spacial score (nSPS) is 10.6. The molecule has 2 aromatic heterocycles. The third kappa shape index (κ3) is 4.19. The summed E-state index contributed by atoms with van der Waals surface area (Å²) in [6.45, 7) is 3.57. The van der Waals surface area contributed by atoms with Crippen molar-refractivity contribution in [2.45, 2.75) is 19.9 Å². The number of benzene rings is 1. The number of nitrogens with zero attached hydrogens (tertiary/aromatic N) is 4. The number of hydrogen-bond acceptors (Lipinski definition) is 6. The van der Waals surface area contributed by atoms with Crippen LogP contribution >= 0.6 is 11.6 Å². The van der Waals surface area contributed by atoms with Gasteiger partial charge in [0.05, 0.1) is 6.33 Å². The highest BCUT2D eigenvalue weighted by Gasteiger charge is 2.10. The van der Waals surface area contributed by atoms with Gasteiger partial charge in [-0.15, -0.1) is 0 Å². The van der Waals surface area contributed by atoms with Crippen LogP contribution in [0.1, 0.15) is 12.0 Å². The molecule has 0 unspecified atom stereocenters. The molecule has 130 valence electrons. The van der Waals surface area contributed by atoms with Crippen molar-refractivity contribution >= 4 is 34.6 Å². The van der Waals surface area contributed by atoms with Crippen molar-refractivity contribution in [2.75, 3.05) is 22.9 Å². The maximum Gasteiger partial charge on any atom is 0.159 e. The highest BCUT2D eigenvalue weighted by molar-refractivity contribution is 6.31. The van der Waals surface area contributed by atoms with Crippen molar-refractivity contribution in [3.63, 3.8) is 0 Å². The lowest BCUT2D eigenvalue weighted by molar-refractivity contribution is 0.660. The van der Waals surface area contributed by atoms with Crippen LogP contribution in [-0.2, 0) is 6.54 Å². The van der Waals surface area contributed by atoms with Gasteiger partial charge in [0.1, 0.15) is 12.0 Å². The molecule has 0 bridgehead atoms. The molecule has 0 atom stereocenters. The lowest BCUT2D eigenvalue weighted by atomic mass is 10.2. The fourth-order valence-electron chi connectivity index (χ4n) is 2.39. The van der Waals surface area contributed by atoms with E-state index in [1.807, 2.05) is 35.9 Å². The minimum atomic E-state index is 0.476. The second-order valence-corrected chi connectivity index (χ2v) is 6.01. The van der Waals surface area contributed by atoms with Crippen LogP contribution in [0.15, 0.2) is 43.2 Å². The van der Waals surface area contributed by atoms with E-state index in [-0.39, 0.29) is 0 Å². The third-order valence-corrected chi connectivity index (χ3v) is 4.26. The van der Waals surface area contributed by atoms with Gasteiger partial charge in [-0.25, -0.2) is 15.0 Å². The number of nitrogens with two attached hydrogens (primary N) is 1. The molecule has 0 radical (unpaired) electrons. The second kappa shape index (κ2) is 7.85. The van der Waals surface area contributed by atoms with E-state index in [1.54, 1.807) is 12.5 Å². The van der Waals surface area contributed by atoms with Crippen LogP contribution in [0, 0.1) is 6.92 Å². The molecule has 0 saturated heterocycles. The Hall–Kier alpha value is -2.80. The summed E-state index contributed by atoms with van der Waals surface area (Å²) in [5.41, 5.74) is 8.48. The summed E-state index contributed by atoms with van der Waals surface area (Å²) >= 11 is 6.16. The Morgan fingerprint density at radius 3 is 2.88 bits per heavy atom. The minimum absolute atomic E-state index is 0.476. The van der Waals surface area contributed by atoms with Crippen LogP contribution in [-0.4, -0.2) is 26.1 Å². The zero-order valence-corrected chi connectivity index (χ0v) is 14.7. The van der Waals surface area contributed by atoms with Gasteiger partial charge in [0.2, 0.25) is 0 Å². The van der Waals surface area contributed by atoms with Crippen molar-refractivity contribution < 1.29 is 0 Å². The first-order valence-electron chi connectivity index (χ1n) is 7.97. The Balaban J connectivity index is 1.64. The highest BCUT2D eigenvalue weighted by atomic mass is 35.5. The number of imidazole rings is 1. The van der Waals surface area contributed by atoms with Crippen molar-refractivity contribution in [1.29, 1.82) is 0 Å². The first-order chi connectivity index (χ1) is 12.1. The van der Waals surface area contributed by atoms with Crippen molar-refractivity contribution in [3.8, 4) is 0 Å². The van der Waals surface area contributed by atoms with Gasteiger partial charge in [-0.1, -0.05) is 17.7 Å². The molecule has 4 N–H and O–H groups in total. The maximum atomic E-state index is 6.20. The second-order valence-electron chi connectivity index (χ2n) is 5.60. The van der Waals surface area contributed by atoms with Gasteiger partial charge in [0.25, 0.3) is 0 Å². The molecule has 0 aliphatic rings. The molecule has 0 amide bonds. The molecule has 2 heterocycles. The average molecular weight is 358 g/mol. The molecule has 0 spiro atoms. The predicted octanol–water partition coefficient (Wildman–Crippen LogP) is 3.46. The van der Waals surface area contributed by atoms with Gasteiger partial charge in [-0.05, 0) is 31.0 Å². The zero-order valence-electron chi connectivity index (χ0n) is 13.9. The number of rotatable bonds is 7. The SMILES string of the molecule is Cc1c(Cl)cccc1Nc1ncnc(NCCCn2ccnc2)c1N. The molecule has 25 heavy (non-hydrogen) atoms. The summed E-state index contributed by atoms with van der Waals surface area (Å²) in [4.78, 5) is 12.5. The summed E-state index contributed by atoms with van der Waals surface area (Å²) in [6.07, 6.45) is 7.92. The van der Waals surface area contributed by atoms with Crippen molar-refractivity contribution in [1.82, 2.24) is 19.5 Å². The number of hydrogen-bond donors (Lipinski definition) is 3.